The molecule has 6 nitrogen and oxygen atoms in total. The molecular weight excluding hydrogens is 390 g/mol. The molecular formula is C19H17ClF2N4O2. The van der Waals surface area contributed by atoms with Crippen LogP contribution in [-0.2, 0) is 9.63 Å². The lowest BCUT2D eigenvalue weighted by Gasteiger charge is -2.36. The summed E-state index contributed by atoms with van der Waals surface area (Å²) in [5.41, 5.74) is 0.258. The summed E-state index contributed by atoms with van der Waals surface area (Å²) in [6.45, 7) is 2.26. The third-order valence-electron chi connectivity index (χ3n) is 4.81. The van der Waals surface area contributed by atoms with E-state index in [2.05, 4.69) is 15.0 Å². The van der Waals surface area contributed by atoms with Gasteiger partial charge >= 0.3 is 0 Å². The summed E-state index contributed by atoms with van der Waals surface area (Å²) in [6, 6.07) is 6.74. The number of benzene rings is 1. The lowest BCUT2D eigenvalue weighted by molar-refractivity contribution is -0.142. The highest BCUT2D eigenvalue weighted by molar-refractivity contribution is 6.30. The van der Waals surface area contributed by atoms with Crippen LogP contribution in [0.25, 0.3) is 0 Å². The number of oxime groups is 1. The number of rotatable bonds is 3. The Kier molecular flexibility index (Phi) is 5.13. The molecule has 1 atom stereocenters. The van der Waals surface area contributed by atoms with E-state index in [1.54, 1.807) is 17.2 Å². The SMILES string of the molecule is O=C(C1CC(c2cc(F)ccc2F)=NO1)N1CCN(c2ccc(Cl)cn2)CC1. The van der Waals surface area contributed by atoms with Gasteiger partial charge in [-0.1, -0.05) is 16.8 Å². The molecule has 0 aliphatic carbocycles. The van der Waals surface area contributed by atoms with E-state index in [4.69, 9.17) is 16.4 Å². The van der Waals surface area contributed by atoms with Crippen LogP contribution in [0, 0.1) is 11.6 Å². The van der Waals surface area contributed by atoms with Gasteiger partial charge in [0.2, 0.25) is 6.10 Å². The van der Waals surface area contributed by atoms with Crippen molar-refractivity contribution in [2.75, 3.05) is 31.1 Å². The molecule has 2 aromatic rings. The summed E-state index contributed by atoms with van der Waals surface area (Å²) in [5, 5.41) is 4.38. The van der Waals surface area contributed by atoms with Crippen LogP contribution < -0.4 is 4.90 Å². The van der Waals surface area contributed by atoms with Crippen molar-refractivity contribution in [3.8, 4) is 0 Å². The molecule has 28 heavy (non-hydrogen) atoms. The van der Waals surface area contributed by atoms with Crippen LogP contribution in [0.15, 0.2) is 41.7 Å². The Morgan fingerprint density at radius 1 is 1.14 bits per heavy atom. The van der Waals surface area contributed by atoms with Crippen molar-refractivity contribution in [2.24, 2.45) is 5.16 Å². The van der Waals surface area contributed by atoms with Gasteiger partial charge in [0.25, 0.3) is 5.91 Å². The third-order valence-corrected chi connectivity index (χ3v) is 5.03. The number of anilines is 1. The average Bonchev–Trinajstić information content (AvgIpc) is 3.20. The molecule has 3 heterocycles. The number of carbonyl (C=O) groups excluding carboxylic acids is 1. The normalized spacial score (nSPS) is 19.4. The van der Waals surface area contributed by atoms with Crippen LogP contribution >= 0.6 is 11.6 Å². The van der Waals surface area contributed by atoms with Gasteiger partial charge in [0.15, 0.2) is 0 Å². The molecule has 1 saturated heterocycles. The topological polar surface area (TPSA) is 58.0 Å². The molecule has 146 valence electrons. The van der Waals surface area contributed by atoms with E-state index in [1.807, 2.05) is 6.07 Å². The zero-order valence-corrected chi connectivity index (χ0v) is 15.6. The molecule has 1 unspecified atom stereocenters. The van der Waals surface area contributed by atoms with Crippen LogP contribution in [-0.4, -0.2) is 53.8 Å². The van der Waals surface area contributed by atoms with Crippen LogP contribution in [0.5, 0.6) is 0 Å². The first-order valence-electron chi connectivity index (χ1n) is 8.84. The second-order valence-corrected chi connectivity index (χ2v) is 7.04. The van der Waals surface area contributed by atoms with E-state index < -0.39 is 17.7 Å². The molecule has 1 aromatic heterocycles. The highest BCUT2D eigenvalue weighted by atomic mass is 35.5. The van der Waals surface area contributed by atoms with Crippen molar-refractivity contribution in [1.82, 2.24) is 9.88 Å². The average molecular weight is 407 g/mol. The van der Waals surface area contributed by atoms with Crippen molar-refractivity contribution < 1.29 is 18.4 Å². The van der Waals surface area contributed by atoms with Crippen LogP contribution in [0.2, 0.25) is 5.02 Å². The van der Waals surface area contributed by atoms with Gasteiger partial charge in [0.1, 0.15) is 17.5 Å². The lowest BCUT2D eigenvalue weighted by atomic mass is 10.0. The van der Waals surface area contributed by atoms with Crippen molar-refractivity contribution in [3.05, 3.63) is 58.7 Å². The van der Waals surface area contributed by atoms with E-state index in [0.717, 1.165) is 24.0 Å². The number of hydrogen-bond donors (Lipinski definition) is 0. The second-order valence-electron chi connectivity index (χ2n) is 6.61. The Morgan fingerprint density at radius 3 is 2.64 bits per heavy atom. The Labute approximate surface area is 165 Å². The summed E-state index contributed by atoms with van der Waals surface area (Å²) in [6.07, 6.45) is 0.876. The van der Waals surface area contributed by atoms with Crippen LogP contribution in [0.3, 0.4) is 0 Å². The van der Waals surface area contributed by atoms with E-state index in [9.17, 15) is 13.6 Å². The van der Waals surface area contributed by atoms with E-state index >= 15 is 0 Å². The van der Waals surface area contributed by atoms with Crippen LogP contribution in [0.1, 0.15) is 12.0 Å². The molecule has 1 fully saturated rings. The van der Waals surface area contributed by atoms with Gasteiger partial charge in [-0.05, 0) is 30.3 Å². The number of piperazine rings is 1. The first kappa shape index (κ1) is 18.6. The molecule has 1 amide bonds. The Balaban J connectivity index is 1.35. The van der Waals surface area contributed by atoms with Crippen molar-refractivity contribution in [3.63, 3.8) is 0 Å². The van der Waals surface area contributed by atoms with E-state index in [-0.39, 0.29) is 23.6 Å². The van der Waals surface area contributed by atoms with Gasteiger partial charge in [0, 0.05) is 44.4 Å². The Hall–Kier alpha value is -2.74. The number of carbonyl (C=O) groups is 1. The highest BCUT2D eigenvalue weighted by Gasteiger charge is 2.34. The highest BCUT2D eigenvalue weighted by Crippen LogP contribution is 2.22. The second kappa shape index (κ2) is 7.71. The standard InChI is InChI=1S/C19H17ClF2N4O2/c20-12-1-4-18(23-11-12)25-5-7-26(8-6-25)19(27)17-10-16(24-28-17)14-9-13(21)2-3-15(14)22/h1-4,9,11,17H,5-8,10H2. The maximum Gasteiger partial charge on any atom is 0.267 e. The molecule has 0 bridgehead atoms. The fourth-order valence-corrected chi connectivity index (χ4v) is 3.41. The van der Waals surface area contributed by atoms with Gasteiger partial charge in [-0.15, -0.1) is 0 Å². The number of hydrogen-bond acceptors (Lipinski definition) is 5. The monoisotopic (exact) mass is 406 g/mol. The summed E-state index contributed by atoms with van der Waals surface area (Å²) in [4.78, 5) is 26.0. The Bertz CT molecular complexity index is 915. The van der Waals surface area contributed by atoms with Gasteiger partial charge in [0.05, 0.1) is 10.7 Å². The third kappa shape index (κ3) is 3.77. The molecule has 9 heteroatoms. The smallest absolute Gasteiger partial charge is 0.267 e. The first-order chi connectivity index (χ1) is 13.5. The van der Waals surface area contributed by atoms with Gasteiger partial charge in [-0.25, -0.2) is 13.8 Å². The zero-order chi connectivity index (χ0) is 19.7. The number of pyridine rings is 1. The summed E-state index contributed by atoms with van der Waals surface area (Å²) >= 11 is 5.86. The van der Waals surface area contributed by atoms with Crippen molar-refractivity contribution in [1.29, 1.82) is 0 Å². The minimum absolute atomic E-state index is 0.0222. The first-order valence-corrected chi connectivity index (χ1v) is 9.22. The van der Waals surface area contributed by atoms with E-state index in [1.165, 1.54) is 0 Å². The zero-order valence-electron chi connectivity index (χ0n) is 14.8. The quantitative estimate of drug-likeness (QED) is 0.786. The molecule has 2 aliphatic rings. The summed E-state index contributed by atoms with van der Waals surface area (Å²) in [5.74, 6) is -0.568. The minimum atomic E-state index is -0.821. The Morgan fingerprint density at radius 2 is 1.93 bits per heavy atom. The van der Waals surface area contributed by atoms with Crippen molar-refractivity contribution in [2.45, 2.75) is 12.5 Å². The predicted octanol–water partition coefficient (Wildman–Crippen LogP) is 2.86. The molecule has 0 radical (unpaired) electrons. The molecule has 0 N–H and O–H groups in total. The fourth-order valence-electron chi connectivity index (χ4n) is 3.30. The van der Waals surface area contributed by atoms with Crippen molar-refractivity contribution >= 4 is 29.0 Å². The number of nitrogens with zero attached hydrogens (tertiary/aromatic N) is 4. The van der Waals surface area contributed by atoms with Gasteiger partial charge in [-0.3, -0.25) is 4.79 Å². The maximum absolute atomic E-state index is 13.9. The molecule has 2 aliphatic heterocycles. The molecule has 0 saturated carbocycles. The molecule has 4 rings (SSSR count). The van der Waals surface area contributed by atoms with E-state index in [0.29, 0.717) is 31.2 Å². The predicted molar refractivity (Wildman–Crippen MR) is 100 cm³/mol. The number of amides is 1. The minimum Gasteiger partial charge on any atom is -0.382 e. The molecule has 0 spiro atoms. The lowest BCUT2D eigenvalue weighted by Crippen LogP contribution is -2.51. The maximum atomic E-state index is 13.9. The largest absolute Gasteiger partial charge is 0.382 e. The molecule has 1 aromatic carbocycles. The van der Waals surface area contributed by atoms with Gasteiger partial charge < -0.3 is 14.6 Å². The fraction of sp³-hybridized carbons (Fsp3) is 0.316. The number of halogens is 3. The van der Waals surface area contributed by atoms with Crippen LogP contribution in [0.4, 0.5) is 14.6 Å². The summed E-state index contributed by atoms with van der Waals surface area (Å²) < 4.78 is 27.3. The number of aromatic nitrogens is 1. The van der Waals surface area contributed by atoms with Gasteiger partial charge in [-0.2, -0.15) is 0 Å². The summed E-state index contributed by atoms with van der Waals surface area (Å²) in [7, 11) is 0.